The molecule has 1 aliphatic carbocycles. The van der Waals surface area contributed by atoms with Crippen LogP contribution in [0, 0.1) is 0 Å². The third-order valence-corrected chi connectivity index (χ3v) is 6.46. The number of fused-ring (bicyclic) bond motifs is 2. The molecule has 9 heteroatoms. The molecule has 0 saturated carbocycles. The highest BCUT2D eigenvalue weighted by atomic mass is 35.5. The van der Waals surface area contributed by atoms with Crippen LogP contribution in [0.25, 0.3) is 10.2 Å². The van der Waals surface area contributed by atoms with Gasteiger partial charge in [-0.25, -0.2) is 0 Å². The molecule has 0 fully saturated rings. The Morgan fingerprint density at radius 2 is 2.17 bits per heavy atom. The number of ketones is 1. The topological polar surface area (TPSA) is 103 Å². The molecule has 2 heterocycles. The number of carbonyl (C=O) groups excluding carboxylic acids is 2. The first kappa shape index (κ1) is 21.0. The van der Waals surface area contributed by atoms with Crippen molar-refractivity contribution in [3.05, 3.63) is 57.6 Å². The van der Waals surface area contributed by atoms with E-state index < -0.39 is 6.10 Å². The number of H-pyrrole nitrogens is 1. The van der Waals surface area contributed by atoms with Crippen LogP contribution in [0.4, 0.5) is 0 Å². The molecular formula is C21H22ClN3O4S. The summed E-state index contributed by atoms with van der Waals surface area (Å²) in [7, 11) is 1.43. The van der Waals surface area contributed by atoms with E-state index in [0.29, 0.717) is 16.5 Å². The smallest absolute Gasteiger partial charge is 0.268 e. The van der Waals surface area contributed by atoms with Gasteiger partial charge in [0, 0.05) is 12.5 Å². The number of hydrogen-bond donors (Lipinski definition) is 4. The molecule has 30 heavy (non-hydrogen) atoms. The number of aromatic amines is 1. The summed E-state index contributed by atoms with van der Waals surface area (Å²) in [4.78, 5) is 29.0. The Morgan fingerprint density at radius 3 is 2.93 bits per heavy atom. The number of nitrogens with one attached hydrogen (secondary N) is 3. The molecule has 0 bridgehead atoms. The van der Waals surface area contributed by atoms with Crippen molar-refractivity contribution in [3.63, 3.8) is 0 Å². The second-order valence-electron chi connectivity index (χ2n) is 7.30. The molecule has 3 atom stereocenters. The third-order valence-electron chi connectivity index (χ3n) is 5.26. The Labute approximate surface area is 182 Å². The van der Waals surface area contributed by atoms with E-state index in [1.807, 2.05) is 30.3 Å². The van der Waals surface area contributed by atoms with Crippen LogP contribution in [0.5, 0.6) is 0 Å². The molecule has 1 amide bonds. The maximum Gasteiger partial charge on any atom is 0.268 e. The maximum atomic E-state index is 12.9. The summed E-state index contributed by atoms with van der Waals surface area (Å²) in [6.45, 7) is -0.0669. The number of thiophene rings is 1. The minimum atomic E-state index is -1.18. The van der Waals surface area contributed by atoms with Gasteiger partial charge in [-0.15, -0.1) is 11.3 Å². The van der Waals surface area contributed by atoms with E-state index in [2.05, 4.69) is 15.6 Å². The zero-order chi connectivity index (χ0) is 21.3. The molecule has 0 aliphatic heterocycles. The van der Waals surface area contributed by atoms with Crippen molar-refractivity contribution < 1.29 is 19.4 Å². The van der Waals surface area contributed by atoms with Crippen LogP contribution in [0.1, 0.15) is 27.7 Å². The highest BCUT2D eigenvalue weighted by molar-refractivity contribution is 7.22. The molecule has 7 nitrogen and oxygen atoms in total. The number of aliphatic hydroxyl groups is 1. The van der Waals surface area contributed by atoms with Crippen molar-refractivity contribution in [1.82, 2.24) is 15.6 Å². The fourth-order valence-corrected chi connectivity index (χ4v) is 4.95. The van der Waals surface area contributed by atoms with Crippen molar-refractivity contribution in [1.29, 1.82) is 0 Å². The zero-order valence-corrected chi connectivity index (χ0v) is 17.8. The third kappa shape index (κ3) is 4.28. The van der Waals surface area contributed by atoms with Gasteiger partial charge in [-0.05, 0) is 29.7 Å². The first-order valence-electron chi connectivity index (χ1n) is 9.56. The predicted molar refractivity (Wildman–Crippen MR) is 116 cm³/mol. The van der Waals surface area contributed by atoms with Crippen molar-refractivity contribution in [2.45, 2.75) is 24.6 Å². The van der Waals surface area contributed by atoms with Crippen LogP contribution in [0.3, 0.4) is 0 Å². The van der Waals surface area contributed by atoms with E-state index in [9.17, 15) is 14.7 Å². The van der Waals surface area contributed by atoms with Crippen LogP contribution in [-0.2, 0) is 16.0 Å². The normalized spacial score (nSPS) is 19.0. The van der Waals surface area contributed by atoms with Gasteiger partial charge in [0.2, 0.25) is 0 Å². The molecule has 0 radical (unpaired) electrons. The second-order valence-corrected chi connectivity index (χ2v) is 8.98. The molecule has 1 aliphatic rings. The van der Waals surface area contributed by atoms with Crippen LogP contribution < -0.4 is 10.6 Å². The molecular weight excluding hydrogens is 426 g/mol. The minimum absolute atomic E-state index is 0.0212. The molecule has 0 unspecified atom stereocenters. The summed E-state index contributed by atoms with van der Waals surface area (Å²) >= 11 is 7.39. The van der Waals surface area contributed by atoms with E-state index in [-0.39, 0.29) is 36.9 Å². The van der Waals surface area contributed by atoms with E-state index in [4.69, 9.17) is 16.3 Å². The summed E-state index contributed by atoms with van der Waals surface area (Å²) in [6, 6.07) is 11.0. The number of aliphatic hydroxyl groups excluding tert-OH is 1. The van der Waals surface area contributed by atoms with Crippen LogP contribution >= 0.6 is 22.9 Å². The Balaban J connectivity index is 1.48. The summed E-state index contributed by atoms with van der Waals surface area (Å²) < 4.78 is 5.50. The molecule has 158 valence electrons. The number of benzene rings is 1. The number of Topliss-reactive ketones (excluding diaryl/α,β-unsaturated/α-hetero) is 1. The Morgan fingerprint density at radius 1 is 1.37 bits per heavy atom. The SMILES string of the molecule is COC[C@H](O)C(=O)CN[C@@H]1c2ccccc2C[C@H]1NC(=O)c1cc2cc(Cl)sc2[nH]1. The molecule has 4 N–H and O–H groups in total. The molecule has 3 aromatic rings. The monoisotopic (exact) mass is 447 g/mol. The van der Waals surface area contributed by atoms with Gasteiger partial charge in [-0.3, -0.25) is 9.59 Å². The largest absolute Gasteiger partial charge is 0.383 e. The van der Waals surface area contributed by atoms with Crippen molar-refractivity contribution in [2.24, 2.45) is 0 Å². The predicted octanol–water partition coefficient (Wildman–Crippen LogP) is 2.44. The highest BCUT2D eigenvalue weighted by Gasteiger charge is 2.34. The first-order valence-corrected chi connectivity index (χ1v) is 10.8. The molecule has 0 saturated heterocycles. The number of rotatable bonds is 8. The van der Waals surface area contributed by atoms with Crippen molar-refractivity contribution >= 4 is 44.8 Å². The van der Waals surface area contributed by atoms with E-state index in [1.54, 1.807) is 6.07 Å². The van der Waals surface area contributed by atoms with Crippen molar-refractivity contribution in [2.75, 3.05) is 20.3 Å². The minimum Gasteiger partial charge on any atom is -0.383 e. The standard InChI is InChI=1S/C21H22ClN3O4S/c1-29-10-17(27)16(26)9-23-19-13-5-3-2-4-11(13)6-14(19)24-20(28)15-7-12-8-18(22)30-21(12)25-15/h2-5,7-8,14,17,19,23,25,27H,6,9-10H2,1H3,(H,24,28)/t14-,17+,19-/m1/s1. The fourth-order valence-electron chi connectivity index (χ4n) is 3.82. The van der Waals surface area contributed by atoms with Gasteiger partial charge in [0.25, 0.3) is 5.91 Å². The van der Waals surface area contributed by atoms with Gasteiger partial charge in [-0.1, -0.05) is 35.9 Å². The van der Waals surface area contributed by atoms with Gasteiger partial charge in [0.15, 0.2) is 5.78 Å². The Bertz CT molecular complexity index is 1050. The van der Waals surface area contributed by atoms with Crippen LogP contribution in [0.15, 0.2) is 36.4 Å². The van der Waals surface area contributed by atoms with Gasteiger partial charge in [0.05, 0.1) is 29.6 Å². The van der Waals surface area contributed by atoms with E-state index in [0.717, 1.165) is 21.3 Å². The van der Waals surface area contributed by atoms with Crippen LogP contribution in [-0.4, -0.2) is 54.2 Å². The second kappa shape index (κ2) is 8.87. The number of hydrogen-bond acceptors (Lipinski definition) is 6. The number of ether oxygens (including phenoxy) is 1. The van der Waals surface area contributed by atoms with Gasteiger partial charge >= 0.3 is 0 Å². The molecule has 2 aromatic heterocycles. The zero-order valence-electron chi connectivity index (χ0n) is 16.3. The molecule has 0 spiro atoms. The maximum absolute atomic E-state index is 12.9. The first-order chi connectivity index (χ1) is 14.5. The number of halogens is 1. The van der Waals surface area contributed by atoms with E-state index >= 15 is 0 Å². The number of methoxy groups -OCH3 is 1. The number of aromatic nitrogens is 1. The lowest BCUT2D eigenvalue weighted by Crippen LogP contribution is -2.45. The average Bonchev–Trinajstić information content (AvgIpc) is 3.36. The fraction of sp³-hybridized carbons (Fsp3) is 0.333. The molecule has 1 aromatic carbocycles. The van der Waals surface area contributed by atoms with Gasteiger partial charge in [-0.2, -0.15) is 0 Å². The van der Waals surface area contributed by atoms with Crippen LogP contribution in [0.2, 0.25) is 4.34 Å². The highest BCUT2D eigenvalue weighted by Crippen LogP contribution is 2.32. The van der Waals surface area contributed by atoms with Gasteiger partial charge < -0.3 is 25.5 Å². The Kier molecular flexibility index (Phi) is 6.21. The summed E-state index contributed by atoms with van der Waals surface area (Å²) in [5.74, 6) is -0.572. The van der Waals surface area contributed by atoms with Gasteiger partial charge in [0.1, 0.15) is 16.6 Å². The number of amides is 1. The summed E-state index contributed by atoms with van der Waals surface area (Å²) in [6.07, 6.45) is -0.527. The lowest BCUT2D eigenvalue weighted by Gasteiger charge is -2.23. The van der Waals surface area contributed by atoms with Crippen molar-refractivity contribution in [3.8, 4) is 0 Å². The lowest BCUT2D eigenvalue weighted by atomic mass is 10.1. The summed E-state index contributed by atoms with van der Waals surface area (Å²) in [5.41, 5.74) is 2.62. The Hall–Kier alpha value is -2.23. The lowest BCUT2D eigenvalue weighted by molar-refractivity contribution is -0.128. The average molecular weight is 448 g/mol. The number of carbonyl (C=O) groups is 2. The molecule has 4 rings (SSSR count). The summed E-state index contributed by atoms with van der Waals surface area (Å²) in [5, 5.41) is 17.0. The van der Waals surface area contributed by atoms with E-state index in [1.165, 1.54) is 18.4 Å². The quantitative estimate of drug-likeness (QED) is 0.424.